The van der Waals surface area contributed by atoms with E-state index in [1.807, 2.05) is 11.6 Å². The Labute approximate surface area is 150 Å². The summed E-state index contributed by atoms with van der Waals surface area (Å²) in [6, 6.07) is 0.136. The molecule has 3 rings (SSSR count). The van der Waals surface area contributed by atoms with Crippen LogP contribution in [0.4, 0.5) is 0 Å². The minimum atomic E-state index is -0.256. The minimum Gasteiger partial charge on any atom is -0.392 e. The number of aryl methyl sites for hydroxylation is 2. The molecule has 1 aromatic rings. The van der Waals surface area contributed by atoms with Crippen LogP contribution in [0.2, 0.25) is 0 Å². The second kappa shape index (κ2) is 7.72. The van der Waals surface area contributed by atoms with E-state index in [0.717, 1.165) is 62.8 Å². The summed E-state index contributed by atoms with van der Waals surface area (Å²) in [5.41, 5.74) is -0.121. The Morgan fingerprint density at radius 1 is 1.36 bits per heavy atom. The maximum absolute atomic E-state index is 10.4. The van der Waals surface area contributed by atoms with Crippen molar-refractivity contribution in [3.05, 3.63) is 11.6 Å². The van der Waals surface area contributed by atoms with Crippen molar-refractivity contribution in [1.29, 1.82) is 0 Å². The summed E-state index contributed by atoms with van der Waals surface area (Å²) in [5, 5.41) is 21.7. The molecule has 140 valence electrons. The van der Waals surface area contributed by atoms with E-state index >= 15 is 0 Å². The predicted molar refractivity (Wildman–Crippen MR) is 98.4 cm³/mol. The highest BCUT2D eigenvalue weighted by atomic mass is 16.3. The first kappa shape index (κ1) is 18.2. The Balaban J connectivity index is 1.71. The molecule has 2 aliphatic rings. The number of nitrogens with one attached hydrogen (secondary N) is 2. The number of nitrogens with zero attached hydrogens (tertiary/aromatic N) is 4. The molecule has 7 nitrogen and oxygen atoms in total. The highest BCUT2D eigenvalue weighted by molar-refractivity contribution is 5.80. The molecule has 1 aliphatic heterocycles. The van der Waals surface area contributed by atoms with Crippen molar-refractivity contribution >= 4 is 5.96 Å². The average Bonchev–Trinajstić information content (AvgIpc) is 2.97. The number of fused-ring (bicyclic) bond motifs is 1. The molecule has 1 aromatic heterocycles. The molecule has 2 heterocycles. The third-order valence-corrected chi connectivity index (χ3v) is 5.51. The van der Waals surface area contributed by atoms with Gasteiger partial charge in [-0.05, 0) is 39.5 Å². The highest BCUT2D eigenvalue weighted by Gasteiger charge is 2.35. The summed E-state index contributed by atoms with van der Waals surface area (Å²) in [6.07, 6.45) is 6.09. The molecule has 0 spiro atoms. The number of guanidine groups is 1. The van der Waals surface area contributed by atoms with E-state index in [9.17, 15) is 5.11 Å². The van der Waals surface area contributed by atoms with E-state index < -0.39 is 0 Å². The van der Waals surface area contributed by atoms with Gasteiger partial charge in [-0.1, -0.05) is 19.8 Å². The number of hydrogen-bond donors (Lipinski definition) is 3. The molecule has 3 N–H and O–H groups in total. The topological polar surface area (TPSA) is 87.4 Å². The summed E-state index contributed by atoms with van der Waals surface area (Å²) in [4.78, 5) is 9.40. The first-order valence-corrected chi connectivity index (χ1v) is 9.66. The molecular weight excluding hydrogens is 316 g/mol. The summed E-state index contributed by atoms with van der Waals surface area (Å²) < 4.78 is 2.01. The van der Waals surface area contributed by atoms with E-state index in [4.69, 9.17) is 4.99 Å². The SMILES string of the molecule is CCNC(=NCC1(C)CCCCC1O)NC1CCCn2nc(C)nc21. The molecule has 1 saturated carbocycles. The van der Waals surface area contributed by atoms with Crippen LogP contribution in [0.15, 0.2) is 4.99 Å². The zero-order valence-corrected chi connectivity index (χ0v) is 15.8. The van der Waals surface area contributed by atoms with Gasteiger partial charge in [0.05, 0.1) is 18.7 Å². The maximum Gasteiger partial charge on any atom is 0.191 e. The second-order valence-electron chi connectivity index (χ2n) is 7.69. The normalized spacial score (nSPS) is 30.0. The first-order chi connectivity index (χ1) is 12.0. The van der Waals surface area contributed by atoms with Gasteiger partial charge in [-0.25, -0.2) is 9.67 Å². The number of rotatable bonds is 4. The van der Waals surface area contributed by atoms with Crippen LogP contribution in [-0.4, -0.2) is 45.0 Å². The van der Waals surface area contributed by atoms with Gasteiger partial charge in [0, 0.05) is 18.5 Å². The van der Waals surface area contributed by atoms with Crippen molar-refractivity contribution in [2.75, 3.05) is 13.1 Å². The van der Waals surface area contributed by atoms with Gasteiger partial charge in [0.15, 0.2) is 5.96 Å². The molecule has 25 heavy (non-hydrogen) atoms. The van der Waals surface area contributed by atoms with Gasteiger partial charge in [0.25, 0.3) is 0 Å². The predicted octanol–water partition coefficient (Wildman–Crippen LogP) is 1.92. The van der Waals surface area contributed by atoms with Crippen LogP contribution in [-0.2, 0) is 6.54 Å². The lowest BCUT2D eigenvalue weighted by atomic mass is 9.73. The molecular formula is C18H32N6O. The Morgan fingerprint density at radius 2 is 2.20 bits per heavy atom. The average molecular weight is 348 g/mol. The third kappa shape index (κ3) is 4.14. The molecule has 0 amide bonds. The van der Waals surface area contributed by atoms with Gasteiger partial charge in [-0.3, -0.25) is 4.99 Å². The number of aliphatic hydroxyl groups is 1. The van der Waals surface area contributed by atoms with Gasteiger partial charge in [0.1, 0.15) is 11.6 Å². The van der Waals surface area contributed by atoms with Crippen molar-refractivity contribution in [2.24, 2.45) is 10.4 Å². The standard InChI is InChI=1S/C18H32N6O/c1-4-19-17(20-12-18(3)10-6-5-9-15(18)25)22-14-8-7-11-24-16(14)21-13(2)23-24/h14-15,25H,4-12H2,1-3H3,(H2,19,20,22). The maximum atomic E-state index is 10.4. The zero-order valence-electron chi connectivity index (χ0n) is 15.8. The lowest BCUT2D eigenvalue weighted by Crippen LogP contribution is -2.43. The van der Waals surface area contributed by atoms with Crippen LogP contribution in [0.5, 0.6) is 0 Å². The Bertz CT molecular complexity index is 613. The van der Waals surface area contributed by atoms with Crippen molar-refractivity contribution < 1.29 is 5.11 Å². The monoisotopic (exact) mass is 348 g/mol. The van der Waals surface area contributed by atoms with Gasteiger partial charge in [-0.15, -0.1) is 0 Å². The first-order valence-electron chi connectivity index (χ1n) is 9.66. The van der Waals surface area contributed by atoms with Crippen molar-refractivity contribution in [3.63, 3.8) is 0 Å². The highest BCUT2D eigenvalue weighted by Crippen LogP contribution is 2.36. The van der Waals surface area contributed by atoms with Crippen molar-refractivity contribution in [3.8, 4) is 0 Å². The molecule has 0 saturated heterocycles. The second-order valence-corrected chi connectivity index (χ2v) is 7.69. The number of hydrogen-bond acceptors (Lipinski definition) is 4. The molecule has 3 unspecified atom stereocenters. The van der Waals surface area contributed by atoms with Gasteiger partial charge in [0.2, 0.25) is 0 Å². The fourth-order valence-electron chi connectivity index (χ4n) is 3.92. The fourth-order valence-corrected chi connectivity index (χ4v) is 3.92. The lowest BCUT2D eigenvalue weighted by molar-refractivity contribution is 0.00715. The van der Waals surface area contributed by atoms with Crippen LogP contribution in [0.1, 0.15) is 70.1 Å². The molecule has 7 heteroatoms. The molecule has 0 aromatic carbocycles. The lowest BCUT2D eigenvalue weighted by Gasteiger charge is -2.37. The van der Waals surface area contributed by atoms with Gasteiger partial charge in [-0.2, -0.15) is 5.10 Å². The van der Waals surface area contributed by atoms with Crippen LogP contribution in [0.25, 0.3) is 0 Å². The summed E-state index contributed by atoms with van der Waals surface area (Å²) in [6.45, 7) is 8.55. The van der Waals surface area contributed by atoms with E-state index in [0.29, 0.717) is 6.54 Å². The van der Waals surface area contributed by atoms with E-state index in [1.54, 1.807) is 0 Å². The minimum absolute atomic E-state index is 0.121. The Hall–Kier alpha value is -1.63. The van der Waals surface area contributed by atoms with Crippen LogP contribution >= 0.6 is 0 Å². The summed E-state index contributed by atoms with van der Waals surface area (Å²) in [5.74, 6) is 2.63. The summed E-state index contributed by atoms with van der Waals surface area (Å²) >= 11 is 0. The van der Waals surface area contributed by atoms with Crippen LogP contribution < -0.4 is 10.6 Å². The quantitative estimate of drug-likeness (QED) is 0.571. The largest absolute Gasteiger partial charge is 0.392 e. The van der Waals surface area contributed by atoms with Crippen molar-refractivity contribution in [1.82, 2.24) is 25.4 Å². The number of aliphatic imine (C=N–C) groups is 1. The van der Waals surface area contributed by atoms with E-state index in [1.165, 1.54) is 6.42 Å². The van der Waals surface area contributed by atoms with Gasteiger partial charge < -0.3 is 15.7 Å². The van der Waals surface area contributed by atoms with E-state index in [2.05, 4.69) is 34.6 Å². The number of aromatic nitrogens is 3. The van der Waals surface area contributed by atoms with Gasteiger partial charge >= 0.3 is 0 Å². The third-order valence-electron chi connectivity index (χ3n) is 5.51. The molecule has 0 bridgehead atoms. The Morgan fingerprint density at radius 3 is 2.96 bits per heavy atom. The van der Waals surface area contributed by atoms with Crippen molar-refractivity contribution in [2.45, 2.75) is 78.0 Å². The zero-order chi connectivity index (χ0) is 17.9. The summed E-state index contributed by atoms with van der Waals surface area (Å²) in [7, 11) is 0. The number of aliphatic hydroxyl groups excluding tert-OH is 1. The molecule has 1 fully saturated rings. The van der Waals surface area contributed by atoms with Crippen LogP contribution in [0.3, 0.4) is 0 Å². The molecule has 0 radical (unpaired) electrons. The molecule has 1 aliphatic carbocycles. The van der Waals surface area contributed by atoms with Crippen LogP contribution in [0, 0.1) is 12.3 Å². The van der Waals surface area contributed by atoms with E-state index in [-0.39, 0.29) is 17.6 Å². The fraction of sp³-hybridized carbons (Fsp3) is 0.833. The molecule has 3 atom stereocenters. The smallest absolute Gasteiger partial charge is 0.191 e. The Kier molecular flexibility index (Phi) is 5.61.